The quantitative estimate of drug-likeness (QED) is 0.628. The Morgan fingerprint density at radius 3 is 2.75 bits per heavy atom. The molecule has 0 fully saturated rings. The monoisotopic (exact) mass is 399 g/mol. The van der Waals surface area contributed by atoms with Gasteiger partial charge in [-0.15, -0.1) is 0 Å². The van der Waals surface area contributed by atoms with Crippen LogP contribution in [0, 0.1) is 6.92 Å². The number of anilines is 1. The molecule has 1 aromatic heterocycles. The molecule has 2 aromatic rings. The van der Waals surface area contributed by atoms with Crippen LogP contribution in [0.5, 0.6) is 0 Å². The van der Waals surface area contributed by atoms with Crippen molar-refractivity contribution in [1.29, 1.82) is 0 Å². The Morgan fingerprint density at radius 1 is 1.40 bits per heavy atom. The summed E-state index contributed by atoms with van der Waals surface area (Å²) in [6.45, 7) is 4.64. The van der Waals surface area contributed by atoms with Crippen LogP contribution in [0.25, 0.3) is 0 Å². The molecule has 2 N–H and O–H groups in total. The van der Waals surface area contributed by atoms with Gasteiger partial charge in [-0.1, -0.05) is 15.9 Å². The summed E-state index contributed by atoms with van der Waals surface area (Å²) in [5.74, 6) is -0.0147. The number of hydrogen-bond donors (Lipinski definition) is 1. The van der Waals surface area contributed by atoms with E-state index in [4.69, 9.17) is 5.73 Å². The number of nitrogens with zero attached hydrogens (tertiary/aromatic N) is 2. The van der Waals surface area contributed by atoms with E-state index in [1.165, 1.54) is 0 Å². The standard InChI is InChI=1S/C14H15Br2N3O/c1-3-19-12(14(16)8(2)18-19)7-13(20)10-6-9(15)4-5-11(10)17/h4-6H,3,7,17H2,1-2H3. The second-order valence-corrected chi connectivity index (χ2v) is 6.20. The first-order valence-corrected chi connectivity index (χ1v) is 7.82. The third-order valence-corrected chi connectivity index (χ3v) is 4.62. The molecule has 106 valence electrons. The van der Waals surface area contributed by atoms with Crippen molar-refractivity contribution in [3.63, 3.8) is 0 Å². The van der Waals surface area contributed by atoms with Gasteiger partial charge >= 0.3 is 0 Å². The van der Waals surface area contributed by atoms with Crippen LogP contribution in [0.3, 0.4) is 0 Å². The summed E-state index contributed by atoms with van der Waals surface area (Å²) in [5, 5.41) is 4.39. The van der Waals surface area contributed by atoms with Gasteiger partial charge in [0.2, 0.25) is 0 Å². The molecule has 0 saturated heterocycles. The maximum atomic E-state index is 12.5. The fourth-order valence-electron chi connectivity index (χ4n) is 2.06. The van der Waals surface area contributed by atoms with E-state index in [1.54, 1.807) is 12.1 Å². The number of aryl methyl sites for hydroxylation is 2. The zero-order valence-electron chi connectivity index (χ0n) is 11.3. The van der Waals surface area contributed by atoms with Crippen molar-refractivity contribution in [2.75, 3.05) is 5.73 Å². The summed E-state index contributed by atoms with van der Waals surface area (Å²) in [7, 11) is 0. The third-order valence-electron chi connectivity index (χ3n) is 3.10. The fourth-order valence-corrected chi connectivity index (χ4v) is 2.84. The Kier molecular flexibility index (Phi) is 4.65. The van der Waals surface area contributed by atoms with Crippen molar-refractivity contribution in [2.24, 2.45) is 0 Å². The van der Waals surface area contributed by atoms with Crippen LogP contribution < -0.4 is 5.73 Å². The molecule has 4 nitrogen and oxygen atoms in total. The van der Waals surface area contributed by atoms with Crippen LogP contribution in [0.2, 0.25) is 0 Å². The molecule has 1 aromatic carbocycles. The van der Waals surface area contributed by atoms with Gasteiger partial charge in [-0.2, -0.15) is 5.10 Å². The molecule has 0 aliphatic carbocycles. The Bertz CT molecular complexity index is 665. The van der Waals surface area contributed by atoms with E-state index in [0.717, 1.165) is 26.9 Å². The van der Waals surface area contributed by atoms with Gasteiger partial charge in [-0.05, 0) is 48.0 Å². The number of carbonyl (C=O) groups excluding carboxylic acids is 1. The highest BCUT2D eigenvalue weighted by Crippen LogP contribution is 2.25. The van der Waals surface area contributed by atoms with Crippen molar-refractivity contribution in [2.45, 2.75) is 26.8 Å². The number of halogens is 2. The highest BCUT2D eigenvalue weighted by Gasteiger charge is 2.18. The van der Waals surface area contributed by atoms with Gasteiger partial charge in [0.05, 0.1) is 22.3 Å². The number of rotatable bonds is 4. The lowest BCUT2D eigenvalue weighted by molar-refractivity contribution is 0.0991. The Balaban J connectivity index is 2.35. The van der Waals surface area contributed by atoms with Crippen molar-refractivity contribution in [3.8, 4) is 0 Å². The van der Waals surface area contributed by atoms with Crippen LogP contribution >= 0.6 is 31.9 Å². The normalized spacial score (nSPS) is 10.8. The molecule has 0 spiro atoms. The van der Waals surface area contributed by atoms with E-state index < -0.39 is 0 Å². The lowest BCUT2D eigenvalue weighted by Crippen LogP contribution is -2.12. The Morgan fingerprint density at radius 2 is 2.10 bits per heavy atom. The molecular formula is C14H15Br2N3O. The molecule has 0 aliphatic heterocycles. The highest BCUT2D eigenvalue weighted by atomic mass is 79.9. The number of nitrogen functional groups attached to an aromatic ring is 1. The smallest absolute Gasteiger partial charge is 0.170 e. The molecule has 0 saturated carbocycles. The lowest BCUT2D eigenvalue weighted by Gasteiger charge is -2.07. The van der Waals surface area contributed by atoms with Gasteiger partial charge in [0.1, 0.15) is 0 Å². The number of carbonyl (C=O) groups is 1. The Labute approximate surface area is 134 Å². The van der Waals surface area contributed by atoms with Gasteiger partial charge in [0, 0.05) is 22.3 Å². The zero-order chi connectivity index (χ0) is 14.9. The zero-order valence-corrected chi connectivity index (χ0v) is 14.5. The van der Waals surface area contributed by atoms with E-state index in [0.29, 0.717) is 11.3 Å². The maximum absolute atomic E-state index is 12.5. The second-order valence-electron chi connectivity index (χ2n) is 4.49. The number of aromatic nitrogens is 2. The molecule has 2 rings (SSSR count). The first kappa shape index (κ1) is 15.3. The molecular weight excluding hydrogens is 386 g/mol. The van der Waals surface area contributed by atoms with Crippen molar-refractivity contribution >= 4 is 43.3 Å². The second kappa shape index (κ2) is 6.10. The van der Waals surface area contributed by atoms with Gasteiger partial charge < -0.3 is 5.73 Å². The molecule has 1 heterocycles. The minimum absolute atomic E-state index is 0.0147. The van der Waals surface area contributed by atoms with E-state index in [1.807, 2.05) is 24.6 Å². The number of hydrogen-bond acceptors (Lipinski definition) is 3. The third kappa shape index (κ3) is 2.96. The van der Waals surface area contributed by atoms with Crippen LogP contribution in [0.1, 0.15) is 28.7 Å². The molecule has 0 radical (unpaired) electrons. The van der Waals surface area contributed by atoms with Crippen LogP contribution in [-0.2, 0) is 13.0 Å². The highest BCUT2D eigenvalue weighted by molar-refractivity contribution is 9.10. The first-order valence-electron chi connectivity index (χ1n) is 6.24. The summed E-state index contributed by atoms with van der Waals surface area (Å²) in [4.78, 5) is 12.5. The van der Waals surface area contributed by atoms with Gasteiger partial charge in [0.25, 0.3) is 0 Å². The van der Waals surface area contributed by atoms with Crippen molar-refractivity contribution in [1.82, 2.24) is 9.78 Å². The number of nitrogens with two attached hydrogens (primary N) is 1. The average molecular weight is 401 g/mol. The van der Waals surface area contributed by atoms with Gasteiger partial charge in [-0.25, -0.2) is 0 Å². The van der Waals surface area contributed by atoms with Crippen molar-refractivity contribution < 1.29 is 4.79 Å². The minimum Gasteiger partial charge on any atom is -0.398 e. The lowest BCUT2D eigenvalue weighted by atomic mass is 10.0. The molecule has 6 heteroatoms. The fraction of sp³-hybridized carbons (Fsp3) is 0.286. The van der Waals surface area contributed by atoms with E-state index in [2.05, 4.69) is 37.0 Å². The first-order chi connectivity index (χ1) is 9.43. The summed E-state index contributed by atoms with van der Waals surface area (Å²) >= 11 is 6.86. The minimum atomic E-state index is -0.0147. The average Bonchev–Trinajstić information content (AvgIpc) is 2.69. The van der Waals surface area contributed by atoms with E-state index in [-0.39, 0.29) is 12.2 Å². The van der Waals surface area contributed by atoms with Crippen LogP contribution in [0.15, 0.2) is 27.1 Å². The maximum Gasteiger partial charge on any atom is 0.170 e. The predicted molar refractivity (Wildman–Crippen MR) is 86.9 cm³/mol. The molecule has 0 unspecified atom stereocenters. The van der Waals surface area contributed by atoms with Gasteiger partial charge in [0.15, 0.2) is 5.78 Å². The van der Waals surface area contributed by atoms with Crippen LogP contribution in [0.4, 0.5) is 5.69 Å². The predicted octanol–water partition coefficient (Wildman–Crippen LogP) is 3.74. The van der Waals surface area contributed by atoms with E-state index in [9.17, 15) is 4.79 Å². The molecule has 0 bridgehead atoms. The number of benzene rings is 1. The summed E-state index contributed by atoms with van der Waals surface area (Å²) in [6.07, 6.45) is 0.274. The summed E-state index contributed by atoms with van der Waals surface area (Å²) in [6, 6.07) is 5.31. The molecule has 0 amide bonds. The Hall–Kier alpha value is -1.14. The topological polar surface area (TPSA) is 60.9 Å². The largest absolute Gasteiger partial charge is 0.398 e. The molecule has 0 aliphatic rings. The molecule has 0 atom stereocenters. The summed E-state index contributed by atoms with van der Waals surface area (Å²) < 4.78 is 3.57. The SMILES string of the molecule is CCn1nc(C)c(Br)c1CC(=O)c1cc(Br)ccc1N. The number of ketones is 1. The summed E-state index contributed by atoms with van der Waals surface area (Å²) in [5.41, 5.74) is 8.68. The van der Waals surface area contributed by atoms with E-state index >= 15 is 0 Å². The number of Topliss-reactive ketones (excluding diaryl/α,β-unsaturated/α-hetero) is 1. The van der Waals surface area contributed by atoms with Gasteiger partial charge in [-0.3, -0.25) is 9.48 Å². The van der Waals surface area contributed by atoms with Crippen molar-refractivity contribution in [3.05, 3.63) is 44.1 Å². The van der Waals surface area contributed by atoms with Crippen LogP contribution in [-0.4, -0.2) is 15.6 Å². The molecule has 20 heavy (non-hydrogen) atoms.